The van der Waals surface area contributed by atoms with Gasteiger partial charge in [0, 0.05) is 24.0 Å². The third-order valence-electron chi connectivity index (χ3n) is 7.99. The van der Waals surface area contributed by atoms with E-state index in [1.807, 2.05) is 36.4 Å². The van der Waals surface area contributed by atoms with Crippen molar-refractivity contribution in [2.45, 2.75) is 11.8 Å². The van der Waals surface area contributed by atoms with Gasteiger partial charge in [-0.3, -0.25) is 19.7 Å². The molecule has 36 heavy (non-hydrogen) atoms. The number of carbonyl (C=O) groups excluding carboxylic acids is 2. The predicted molar refractivity (Wildman–Crippen MR) is 135 cm³/mol. The summed E-state index contributed by atoms with van der Waals surface area (Å²) >= 11 is 0. The van der Waals surface area contributed by atoms with E-state index in [-0.39, 0.29) is 29.3 Å². The molecule has 4 aromatic carbocycles. The average molecular weight is 473 g/mol. The fourth-order valence-corrected chi connectivity index (χ4v) is 6.51. The van der Waals surface area contributed by atoms with Gasteiger partial charge >= 0.3 is 0 Å². The maximum absolute atomic E-state index is 13.9. The molecule has 0 radical (unpaired) electrons. The molecular weight excluding hydrogens is 452 g/mol. The van der Waals surface area contributed by atoms with Crippen LogP contribution in [0.5, 0.6) is 0 Å². The Kier molecular flexibility index (Phi) is 4.30. The molecule has 0 spiro atoms. The molecular formula is C30H20N2O4. The van der Waals surface area contributed by atoms with Gasteiger partial charge in [0.15, 0.2) is 0 Å². The van der Waals surface area contributed by atoms with Gasteiger partial charge in [-0.1, -0.05) is 60.7 Å². The normalized spacial score (nSPS) is 23.3. The lowest BCUT2D eigenvalue weighted by atomic mass is 9.55. The number of rotatable bonds is 3. The van der Waals surface area contributed by atoms with Crippen LogP contribution >= 0.6 is 0 Å². The van der Waals surface area contributed by atoms with E-state index in [1.54, 1.807) is 24.3 Å². The molecule has 1 aliphatic heterocycles. The van der Waals surface area contributed by atoms with Crippen molar-refractivity contribution in [1.82, 2.24) is 0 Å². The van der Waals surface area contributed by atoms with E-state index in [0.717, 1.165) is 33.4 Å². The number of nitrogens with zero attached hydrogens (tertiary/aromatic N) is 2. The summed E-state index contributed by atoms with van der Waals surface area (Å²) in [6.45, 7) is 0. The minimum absolute atomic E-state index is 0.0304. The fraction of sp³-hybridized carbons (Fsp3) is 0.133. The lowest BCUT2D eigenvalue weighted by Gasteiger charge is -2.45. The van der Waals surface area contributed by atoms with Crippen LogP contribution in [0, 0.1) is 22.0 Å². The molecule has 0 unspecified atom stereocenters. The molecule has 6 heteroatoms. The van der Waals surface area contributed by atoms with Gasteiger partial charge < -0.3 is 0 Å². The van der Waals surface area contributed by atoms with Gasteiger partial charge in [-0.25, -0.2) is 4.90 Å². The van der Waals surface area contributed by atoms with Gasteiger partial charge in [-0.05, 0) is 57.6 Å². The Bertz CT molecular complexity index is 1460. The molecule has 2 bridgehead atoms. The average Bonchev–Trinajstić information content (AvgIpc) is 3.19. The molecule has 6 nitrogen and oxygen atoms in total. The second kappa shape index (κ2) is 7.46. The van der Waals surface area contributed by atoms with Crippen LogP contribution in [0.25, 0.3) is 11.1 Å². The second-order valence-electron chi connectivity index (χ2n) is 9.63. The minimum atomic E-state index is -0.430. The van der Waals surface area contributed by atoms with Crippen molar-refractivity contribution in [3.63, 3.8) is 0 Å². The van der Waals surface area contributed by atoms with Crippen molar-refractivity contribution in [3.8, 4) is 11.1 Å². The lowest BCUT2D eigenvalue weighted by Crippen LogP contribution is -2.41. The van der Waals surface area contributed by atoms with Gasteiger partial charge in [-0.15, -0.1) is 0 Å². The van der Waals surface area contributed by atoms with E-state index in [4.69, 9.17) is 0 Å². The maximum atomic E-state index is 13.9. The first-order chi connectivity index (χ1) is 17.5. The number of amides is 2. The number of non-ortho nitro benzene ring substituents is 1. The molecule has 2 amide bonds. The van der Waals surface area contributed by atoms with Crippen LogP contribution in [0.3, 0.4) is 0 Å². The van der Waals surface area contributed by atoms with E-state index in [2.05, 4.69) is 24.3 Å². The van der Waals surface area contributed by atoms with Crippen LogP contribution in [0.15, 0.2) is 97.1 Å². The van der Waals surface area contributed by atoms with E-state index in [9.17, 15) is 19.7 Å². The molecule has 1 heterocycles. The van der Waals surface area contributed by atoms with Crippen LogP contribution in [-0.2, 0) is 9.59 Å². The summed E-state index contributed by atoms with van der Waals surface area (Å²) in [6.07, 6.45) is 0. The topological polar surface area (TPSA) is 80.5 Å². The van der Waals surface area contributed by atoms with Crippen molar-refractivity contribution >= 4 is 23.2 Å². The van der Waals surface area contributed by atoms with Crippen molar-refractivity contribution in [2.75, 3.05) is 4.90 Å². The van der Waals surface area contributed by atoms with Crippen molar-refractivity contribution < 1.29 is 14.5 Å². The van der Waals surface area contributed by atoms with Gasteiger partial charge in [0.05, 0.1) is 22.4 Å². The van der Waals surface area contributed by atoms with E-state index in [0.29, 0.717) is 5.69 Å². The summed E-state index contributed by atoms with van der Waals surface area (Å²) in [7, 11) is 0. The maximum Gasteiger partial charge on any atom is 0.269 e. The fourth-order valence-electron chi connectivity index (χ4n) is 6.51. The van der Waals surface area contributed by atoms with Crippen LogP contribution in [-0.4, -0.2) is 16.7 Å². The van der Waals surface area contributed by atoms with Gasteiger partial charge in [0.1, 0.15) is 0 Å². The molecule has 2 atom stereocenters. The SMILES string of the molecule is O=C1[C@@H]2C3c4ccccc4C(c4ccccc43)[C@H]2C(=O)N1c1ccc(-c2ccc([N+](=O)[O-])cc2)cc1. The summed E-state index contributed by atoms with van der Waals surface area (Å²) in [4.78, 5) is 39.6. The van der Waals surface area contributed by atoms with Crippen LogP contribution < -0.4 is 4.90 Å². The number of hydrogen-bond acceptors (Lipinski definition) is 4. The zero-order chi connectivity index (χ0) is 24.6. The highest BCUT2D eigenvalue weighted by Crippen LogP contribution is 2.61. The van der Waals surface area contributed by atoms with Gasteiger partial charge in [0.25, 0.3) is 5.69 Å². The molecule has 174 valence electrons. The molecule has 0 aromatic heterocycles. The first kappa shape index (κ1) is 20.8. The lowest BCUT2D eigenvalue weighted by molar-refractivity contribution is -0.384. The summed E-state index contributed by atoms with van der Waals surface area (Å²) in [5.74, 6) is -1.39. The third kappa shape index (κ3) is 2.72. The Hall–Kier alpha value is -4.58. The molecule has 1 saturated heterocycles. The summed E-state index contributed by atoms with van der Waals surface area (Å²) in [6, 6.07) is 30.0. The molecule has 8 rings (SSSR count). The molecule has 0 saturated carbocycles. The van der Waals surface area contributed by atoms with E-state index >= 15 is 0 Å². The Labute approximate surface area is 207 Å². The van der Waals surface area contributed by atoms with E-state index in [1.165, 1.54) is 17.0 Å². The molecule has 3 aliphatic carbocycles. The highest BCUT2D eigenvalue weighted by Gasteiger charge is 2.61. The predicted octanol–water partition coefficient (Wildman–Crippen LogP) is 5.66. The highest BCUT2D eigenvalue weighted by molar-refractivity contribution is 6.23. The Morgan fingerprint density at radius 2 is 0.972 bits per heavy atom. The summed E-state index contributed by atoms with van der Waals surface area (Å²) < 4.78 is 0. The molecule has 0 N–H and O–H groups in total. The monoisotopic (exact) mass is 472 g/mol. The summed E-state index contributed by atoms with van der Waals surface area (Å²) in [5, 5.41) is 10.9. The Morgan fingerprint density at radius 3 is 1.36 bits per heavy atom. The number of imide groups is 1. The van der Waals surface area contributed by atoms with Crippen molar-refractivity contribution in [3.05, 3.63) is 129 Å². The molecule has 4 aliphatic rings. The van der Waals surface area contributed by atoms with Crippen molar-refractivity contribution in [1.29, 1.82) is 0 Å². The van der Waals surface area contributed by atoms with Gasteiger partial charge in [-0.2, -0.15) is 0 Å². The van der Waals surface area contributed by atoms with Gasteiger partial charge in [0.2, 0.25) is 11.8 Å². The Morgan fingerprint density at radius 1 is 0.583 bits per heavy atom. The summed E-state index contributed by atoms with van der Waals surface area (Å²) in [5.41, 5.74) is 6.87. The standard InChI is InChI=1S/C30H20N2O4/c33-29-27-25-21-5-1-2-6-22(21)26(24-8-4-3-7-23(24)25)28(27)30(34)31(29)19-13-9-17(10-14-19)18-11-15-20(16-12-18)32(35)36/h1-16,25-28H/t25?,26?,27-,28-/m1/s1. The first-order valence-corrected chi connectivity index (χ1v) is 11.9. The number of carbonyl (C=O) groups is 2. The smallest absolute Gasteiger partial charge is 0.269 e. The number of hydrogen-bond donors (Lipinski definition) is 0. The number of anilines is 1. The van der Waals surface area contributed by atoms with Crippen LogP contribution in [0.1, 0.15) is 34.1 Å². The molecule has 1 fully saturated rings. The highest BCUT2D eigenvalue weighted by atomic mass is 16.6. The molecule has 4 aromatic rings. The number of nitro benzene ring substituents is 1. The minimum Gasteiger partial charge on any atom is -0.274 e. The number of benzene rings is 4. The number of nitro groups is 1. The zero-order valence-corrected chi connectivity index (χ0v) is 19.1. The third-order valence-corrected chi connectivity index (χ3v) is 7.99. The largest absolute Gasteiger partial charge is 0.274 e. The quantitative estimate of drug-likeness (QED) is 0.219. The second-order valence-corrected chi connectivity index (χ2v) is 9.63. The first-order valence-electron chi connectivity index (χ1n) is 11.9. The van der Waals surface area contributed by atoms with Crippen LogP contribution in [0.4, 0.5) is 11.4 Å². The van der Waals surface area contributed by atoms with Crippen molar-refractivity contribution in [2.24, 2.45) is 11.8 Å². The Balaban J connectivity index is 1.27. The zero-order valence-electron chi connectivity index (χ0n) is 19.1. The van der Waals surface area contributed by atoms with Crippen LogP contribution in [0.2, 0.25) is 0 Å². The van der Waals surface area contributed by atoms with E-state index < -0.39 is 16.8 Å².